The maximum Gasteiger partial charge on any atom is 0.142 e. The zero-order valence-electron chi connectivity index (χ0n) is 32.3. The highest BCUT2D eigenvalue weighted by molar-refractivity contribution is 6.83. The predicted molar refractivity (Wildman–Crippen MR) is 282 cm³/mol. The van der Waals surface area contributed by atoms with Crippen LogP contribution in [-0.4, -0.2) is 10.2 Å². The Labute approximate surface area is 366 Å². The summed E-state index contributed by atoms with van der Waals surface area (Å²) in [6, 6.07) is 0. The van der Waals surface area contributed by atoms with Crippen molar-refractivity contribution in [3.8, 4) is 0 Å². The lowest BCUT2D eigenvalue weighted by atomic mass is 9.62. The topological polar surface area (TPSA) is 0 Å². The van der Waals surface area contributed by atoms with Gasteiger partial charge in [-0.25, -0.2) is 0 Å². The molecule has 0 radical (unpaired) electrons. The standard InChI is InChI=1S/C62H2Cl3/c63-1-61(64,65)62-58-54-48-34-26-18-6-3-2-4-7(6)19-21-17-11(4)13-9-5(2)8-12-10(3)16-20(18)32(34)40-38-24(16)22(12)30-28-14(8)15(9)29-31-23(13)25(17)39-41-33(21)35(27(19)26)49(48)55(58)51(41)53-45(39)43(31)47-37(29)36(28)46-42(30)44(38)52(50(40)54)59(62)56(46)57(47)60(53)62/h1H2/q-1. The number of rotatable bonds is 2. The van der Waals surface area contributed by atoms with E-state index >= 15 is 0 Å². The van der Waals surface area contributed by atoms with E-state index in [0.29, 0.717) is 0 Å². The fraction of sp³-hybridized carbons (Fsp3) is 0.0484. The van der Waals surface area contributed by atoms with Crippen molar-refractivity contribution in [1.29, 1.82) is 0 Å². The first-order valence-electron chi connectivity index (χ1n) is 23.7. The van der Waals surface area contributed by atoms with E-state index in [9.17, 15) is 0 Å². The molecule has 32 rings (SSSR count). The molecule has 0 fully saturated rings. The number of halogens is 3. The molecule has 0 aromatic heterocycles. The second-order valence-corrected chi connectivity index (χ2v) is 25.5. The van der Waals surface area contributed by atoms with E-state index < -0.39 is 9.75 Å². The summed E-state index contributed by atoms with van der Waals surface area (Å²) in [6.07, 6.45) is 0. The fourth-order valence-corrected chi connectivity index (χ4v) is 24.3. The van der Waals surface area contributed by atoms with E-state index in [0.717, 1.165) is 0 Å². The third kappa shape index (κ3) is 1.26. The van der Waals surface area contributed by atoms with Gasteiger partial charge in [0.05, 0.1) is 5.88 Å². The lowest BCUT2D eigenvalue weighted by molar-refractivity contribution is 0.594. The van der Waals surface area contributed by atoms with Crippen molar-refractivity contribution >= 4 is 336 Å². The van der Waals surface area contributed by atoms with Crippen LogP contribution in [0, 0.1) is 0 Å². The number of hydrogen-bond acceptors (Lipinski definition) is 0. The van der Waals surface area contributed by atoms with E-state index in [1.807, 2.05) is 0 Å². The predicted octanol–water partition coefficient (Wildman–Crippen LogP) is 18.8. The molecule has 0 atom stereocenters. The first-order chi connectivity index (χ1) is 32.2. The lowest BCUT2D eigenvalue weighted by Gasteiger charge is -2.49. The van der Waals surface area contributed by atoms with Crippen molar-refractivity contribution in [2.24, 2.45) is 0 Å². The quantitative estimate of drug-likeness (QED) is 0.0923. The van der Waals surface area contributed by atoms with Crippen LogP contribution >= 0.6 is 34.8 Å². The monoisotopic (exact) mass is 851 g/mol. The molecule has 0 amide bonds. The summed E-state index contributed by atoms with van der Waals surface area (Å²) in [4.78, 5) is 0. The molecule has 0 heterocycles. The van der Waals surface area contributed by atoms with E-state index in [2.05, 4.69) is 0 Å². The molecule has 0 saturated carbocycles. The minimum absolute atomic E-state index is 0.150. The maximum atomic E-state index is 8.48. The van der Waals surface area contributed by atoms with Gasteiger partial charge < -0.3 is 0 Å². The first-order valence-corrected chi connectivity index (χ1v) is 25.0. The average Bonchev–Trinajstić information content (AvgIpc) is 4.15. The molecule has 272 valence electrons. The van der Waals surface area contributed by atoms with Crippen molar-refractivity contribution in [3.63, 3.8) is 0 Å². The van der Waals surface area contributed by atoms with Gasteiger partial charge in [0.25, 0.3) is 0 Å². The van der Waals surface area contributed by atoms with Gasteiger partial charge in [0.15, 0.2) is 0 Å². The summed E-state index contributed by atoms with van der Waals surface area (Å²) in [6.45, 7) is 0. The van der Waals surface area contributed by atoms with Gasteiger partial charge in [-0.15, -0.1) is 22.4 Å². The summed E-state index contributed by atoms with van der Waals surface area (Å²) in [5.41, 5.74) is 3.44. The third-order valence-electron chi connectivity index (χ3n) is 23.6. The Hall–Kier alpha value is -6.80. The van der Waals surface area contributed by atoms with Gasteiger partial charge in [0.2, 0.25) is 0 Å². The second-order valence-electron chi connectivity index (χ2n) is 23.7. The van der Waals surface area contributed by atoms with Crippen LogP contribution in [0.4, 0.5) is 0 Å². The van der Waals surface area contributed by atoms with Gasteiger partial charge in [-0.05, 0) is 269 Å². The normalized spacial score (nSPS) is 20.4. The van der Waals surface area contributed by atoms with Gasteiger partial charge in [0, 0.05) is 5.41 Å². The summed E-state index contributed by atoms with van der Waals surface area (Å²) in [7, 11) is 0. The van der Waals surface area contributed by atoms with Crippen LogP contribution in [-0.2, 0) is 5.41 Å². The van der Waals surface area contributed by atoms with Crippen LogP contribution in [0.15, 0.2) is 0 Å². The molecule has 0 unspecified atom stereocenters. The Morgan fingerprint density at radius 1 is 0.231 bits per heavy atom. The van der Waals surface area contributed by atoms with Crippen molar-refractivity contribution in [1.82, 2.24) is 0 Å². The molecule has 0 saturated heterocycles. The zero-order chi connectivity index (χ0) is 38.8. The fourth-order valence-electron chi connectivity index (χ4n) is 23.5. The second kappa shape index (κ2) is 5.38. The Kier molecular flexibility index (Phi) is 2.03. The van der Waals surface area contributed by atoms with Crippen molar-refractivity contribution in [2.45, 2.75) is 9.75 Å². The molecule has 29 aromatic rings. The van der Waals surface area contributed by atoms with Crippen molar-refractivity contribution < 1.29 is 0 Å². The summed E-state index contributed by atoms with van der Waals surface area (Å²) in [5.74, 6) is 0.150. The molecule has 0 aliphatic heterocycles. The molecule has 3 heteroatoms. The van der Waals surface area contributed by atoms with Gasteiger partial charge in [-0.3, -0.25) is 0 Å². The minimum atomic E-state index is -1.31. The largest absolute Gasteiger partial charge is 0.142 e. The lowest BCUT2D eigenvalue weighted by Crippen LogP contribution is -2.47. The number of hydrogen-bond donors (Lipinski definition) is 0. The van der Waals surface area contributed by atoms with E-state index in [-0.39, 0.29) is 5.88 Å². The Morgan fingerprint density at radius 3 is 0.662 bits per heavy atom. The average molecular weight is 853 g/mol. The molecule has 0 nitrogen and oxygen atoms in total. The molecular weight excluding hydrogens is 851 g/mol. The van der Waals surface area contributed by atoms with Crippen LogP contribution in [0.3, 0.4) is 0 Å². The highest BCUT2D eigenvalue weighted by Crippen LogP contribution is 2.83. The number of alkyl halides is 3. The molecule has 65 heavy (non-hydrogen) atoms. The van der Waals surface area contributed by atoms with Gasteiger partial charge in [-0.2, -0.15) is 0 Å². The highest BCUT2D eigenvalue weighted by Gasteiger charge is 2.62. The highest BCUT2D eigenvalue weighted by atomic mass is 35.5. The number of benzene rings is 18. The van der Waals surface area contributed by atoms with Gasteiger partial charge >= 0.3 is 0 Å². The van der Waals surface area contributed by atoms with E-state index in [4.69, 9.17) is 34.8 Å². The smallest absolute Gasteiger partial charge is 0.123 e. The minimum Gasteiger partial charge on any atom is -0.123 e. The Bertz CT molecular complexity index is 6560. The Balaban J connectivity index is 1.30. The molecule has 0 spiro atoms. The van der Waals surface area contributed by atoms with Crippen LogP contribution < -0.4 is 0 Å². The van der Waals surface area contributed by atoms with E-state index in [1.54, 1.807) is 226 Å². The van der Waals surface area contributed by atoms with Crippen LogP contribution in [0.25, 0.3) is 302 Å². The molecule has 0 bridgehead atoms. The molecule has 0 N–H and O–H groups in total. The Morgan fingerprint density at radius 2 is 0.385 bits per heavy atom. The summed E-state index contributed by atoms with van der Waals surface area (Å²) in [5, 5.41) is 87.9. The molecular formula is C62H2Cl3-. The molecule has 3 aliphatic rings. The summed E-state index contributed by atoms with van der Waals surface area (Å²) >= 11 is 24.5. The van der Waals surface area contributed by atoms with Crippen LogP contribution in [0.5, 0.6) is 0 Å². The van der Waals surface area contributed by atoms with Crippen molar-refractivity contribution in [3.05, 3.63) is 16.7 Å². The van der Waals surface area contributed by atoms with Gasteiger partial charge in [0.1, 0.15) is 4.33 Å². The van der Waals surface area contributed by atoms with Gasteiger partial charge in [-0.1, -0.05) is 61.3 Å². The first kappa shape index (κ1) is 24.5. The van der Waals surface area contributed by atoms with E-state index in [1.165, 1.54) is 92.1 Å². The maximum absolute atomic E-state index is 8.48. The van der Waals surface area contributed by atoms with Crippen LogP contribution in [0.1, 0.15) is 16.7 Å². The molecule has 3 aliphatic carbocycles. The van der Waals surface area contributed by atoms with Crippen molar-refractivity contribution in [2.75, 3.05) is 5.88 Å². The zero-order valence-corrected chi connectivity index (χ0v) is 34.6. The third-order valence-corrected chi connectivity index (χ3v) is 25.1. The summed E-state index contributed by atoms with van der Waals surface area (Å²) < 4.78 is -1.31. The molecule has 29 aromatic carbocycles. The van der Waals surface area contributed by atoms with Crippen LogP contribution in [0.2, 0.25) is 0 Å². The SMILES string of the molecule is ClCC(Cl)(Cl)C12c3c4c5c6c1c1c7c8c6c6c5c5c9c4c4c3c3c%10c%11c4c4c9c9c5c5c6c6c8c8c7c7c%12c%13c8c8c6c5c5c9c6c4c%11c4c9c6c5c8c%13c9c5c4c%10c4c(c5%12)c7c1[c-]2c34.